The Morgan fingerprint density at radius 2 is 1.65 bits per heavy atom. The Hall–Kier alpha value is -2.34. The van der Waals surface area contributed by atoms with Crippen molar-refractivity contribution < 1.29 is 22.8 Å². The van der Waals surface area contributed by atoms with Gasteiger partial charge in [-0.2, -0.15) is 5.10 Å². The number of aromatic nitrogens is 3. The third kappa shape index (κ3) is 6.09. The van der Waals surface area contributed by atoms with E-state index in [0.717, 1.165) is 17.0 Å². The number of hydrogen-bond acceptors (Lipinski definition) is 7. The molecule has 0 aliphatic rings. The number of ether oxygens (including phenoxy) is 2. The van der Waals surface area contributed by atoms with Crippen molar-refractivity contribution in [1.29, 1.82) is 0 Å². The second-order valence-corrected chi connectivity index (χ2v) is 10.1. The van der Waals surface area contributed by atoms with Crippen LogP contribution in [0.25, 0.3) is 11.4 Å². The number of nitrogens with zero attached hydrogens (tertiary/aromatic N) is 2. The van der Waals surface area contributed by atoms with E-state index in [1.807, 2.05) is 47.0 Å². The first-order valence-electron chi connectivity index (χ1n) is 9.76. The minimum atomic E-state index is -2.62. The summed E-state index contributed by atoms with van der Waals surface area (Å²) in [6.07, 6.45) is 0. The van der Waals surface area contributed by atoms with Crippen LogP contribution in [0.1, 0.15) is 5.56 Å². The summed E-state index contributed by atoms with van der Waals surface area (Å²) in [7, 11) is 2.11. The van der Waals surface area contributed by atoms with Crippen LogP contribution in [-0.4, -0.2) is 58.3 Å². The van der Waals surface area contributed by atoms with Gasteiger partial charge in [0, 0.05) is 32.9 Å². The van der Waals surface area contributed by atoms with Crippen molar-refractivity contribution in [2.75, 3.05) is 34.7 Å². The molecule has 0 unspecified atom stereocenters. The fraction of sp³-hybridized carbons (Fsp3) is 0.333. The summed E-state index contributed by atoms with van der Waals surface area (Å²) in [5.74, 6) is 1.47. The van der Waals surface area contributed by atoms with Gasteiger partial charge in [-0.25, -0.2) is 0 Å². The van der Waals surface area contributed by atoms with E-state index in [4.69, 9.17) is 35.0 Å². The summed E-state index contributed by atoms with van der Waals surface area (Å²) < 4.78 is 29.8. The maximum absolute atomic E-state index is 5.66. The monoisotopic (exact) mass is 461 g/mol. The summed E-state index contributed by atoms with van der Waals surface area (Å²) in [4.78, 5) is 0. The molecule has 0 fully saturated rings. The van der Waals surface area contributed by atoms with E-state index in [1.165, 1.54) is 0 Å². The lowest BCUT2D eigenvalue weighted by Gasteiger charge is -2.24. The molecule has 0 bridgehead atoms. The Kier molecular flexibility index (Phi) is 8.52. The van der Waals surface area contributed by atoms with Crippen molar-refractivity contribution in [3.8, 4) is 17.1 Å². The second-order valence-electron chi connectivity index (χ2n) is 6.66. The minimum Gasteiger partial charge on any atom is -0.468 e. The number of H-pyrrole nitrogens is 1. The molecular formula is C21H27N3O5SSi. The number of nitrogens with one attached hydrogen (secondary N) is 1. The molecule has 8 nitrogen and oxygen atoms in total. The van der Waals surface area contributed by atoms with Gasteiger partial charge >= 0.3 is 8.80 Å². The Bertz CT molecular complexity index is 982. The molecule has 0 aliphatic carbocycles. The fourth-order valence-electron chi connectivity index (χ4n) is 3.07. The topological polar surface area (TPSA) is 79.8 Å². The number of benzene rings is 2. The van der Waals surface area contributed by atoms with Gasteiger partial charge in [0.25, 0.3) is 0 Å². The van der Waals surface area contributed by atoms with Crippen molar-refractivity contribution in [3.05, 3.63) is 64.9 Å². The molecule has 10 heteroatoms. The molecule has 3 aromatic rings. The average molecular weight is 462 g/mol. The molecule has 0 spiro atoms. The summed E-state index contributed by atoms with van der Waals surface area (Å²) in [6, 6.07) is 18.3. The number of hydrogen-bond donors (Lipinski definition) is 1. The first kappa shape index (κ1) is 23.3. The molecule has 1 N–H and O–H groups in total. The van der Waals surface area contributed by atoms with Crippen LogP contribution in [0.2, 0.25) is 6.04 Å². The van der Waals surface area contributed by atoms with Gasteiger partial charge in [0.1, 0.15) is 5.75 Å². The highest BCUT2D eigenvalue weighted by atomic mass is 32.1. The fourth-order valence-corrected chi connectivity index (χ4v) is 4.78. The molecule has 1 heterocycles. The average Bonchev–Trinajstić information content (AvgIpc) is 3.18. The van der Waals surface area contributed by atoms with E-state index in [2.05, 4.69) is 22.3 Å². The van der Waals surface area contributed by atoms with Crippen molar-refractivity contribution in [3.63, 3.8) is 0 Å². The van der Waals surface area contributed by atoms with Gasteiger partial charge in [-0.15, -0.1) is 0 Å². The van der Waals surface area contributed by atoms with E-state index in [0.29, 0.717) is 29.7 Å². The quantitative estimate of drug-likeness (QED) is 0.190. The Morgan fingerprint density at radius 1 is 0.968 bits per heavy atom. The van der Waals surface area contributed by atoms with Crippen molar-refractivity contribution in [2.24, 2.45) is 0 Å². The molecule has 2 aromatic carbocycles. The normalized spacial score (nSPS) is 11.6. The van der Waals surface area contributed by atoms with Crippen molar-refractivity contribution >= 4 is 21.0 Å². The van der Waals surface area contributed by atoms with Crippen molar-refractivity contribution in [1.82, 2.24) is 14.8 Å². The summed E-state index contributed by atoms with van der Waals surface area (Å²) >= 11 is 5.41. The largest absolute Gasteiger partial charge is 0.502 e. The maximum Gasteiger partial charge on any atom is 0.502 e. The van der Waals surface area contributed by atoms with E-state index >= 15 is 0 Å². The summed E-state index contributed by atoms with van der Waals surface area (Å²) in [5, 5.41) is 7.28. The molecule has 166 valence electrons. The first-order chi connectivity index (χ1) is 15.1. The molecular weight excluding hydrogens is 434 g/mol. The van der Waals surface area contributed by atoms with Crippen LogP contribution in [0.3, 0.4) is 0 Å². The highest BCUT2D eigenvalue weighted by molar-refractivity contribution is 7.71. The Balaban J connectivity index is 1.56. The maximum atomic E-state index is 5.66. The van der Waals surface area contributed by atoms with E-state index in [9.17, 15) is 0 Å². The lowest BCUT2D eigenvalue weighted by molar-refractivity contribution is 0.0143. The summed E-state index contributed by atoms with van der Waals surface area (Å²) in [6.45, 7) is 1.18. The lowest BCUT2D eigenvalue weighted by Crippen LogP contribution is -2.43. The number of aromatic amines is 1. The third-order valence-corrected chi connectivity index (χ3v) is 7.84. The van der Waals surface area contributed by atoms with E-state index in [-0.39, 0.29) is 6.79 Å². The minimum absolute atomic E-state index is 0.119. The zero-order valence-electron chi connectivity index (χ0n) is 17.9. The van der Waals surface area contributed by atoms with Crippen LogP contribution in [-0.2, 0) is 24.6 Å². The highest BCUT2D eigenvalue weighted by Gasteiger charge is 2.37. The Morgan fingerprint density at radius 3 is 2.29 bits per heavy atom. The van der Waals surface area contributed by atoms with Gasteiger partial charge in [-0.1, -0.05) is 30.3 Å². The van der Waals surface area contributed by atoms with Gasteiger partial charge in [-0.3, -0.25) is 9.67 Å². The summed E-state index contributed by atoms with van der Waals surface area (Å²) in [5.41, 5.74) is 2.09. The predicted molar refractivity (Wildman–Crippen MR) is 121 cm³/mol. The van der Waals surface area contributed by atoms with Gasteiger partial charge in [0.15, 0.2) is 17.4 Å². The Labute approximate surface area is 188 Å². The first-order valence-corrected chi connectivity index (χ1v) is 12.1. The molecule has 0 saturated heterocycles. The zero-order chi connectivity index (χ0) is 22.1. The van der Waals surface area contributed by atoms with Gasteiger partial charge < -0.3 is 22.8 Å². The molecule has 0 aliphatic heterocycles. The molecule has 0 radical (unpaired) electrons. The highest BCUT2D eigenvalue weighted by Crippen LogP contribution is 2.22. The molecule has 3 rings (SSSR count). The van der Waals surface area contributed by atoms with Gasteiger partial charge in [-0.05, 0) is 42.0 Å². The standard InChI is InChI=1S/C21H27N3O5SSi/c1-25-31(26-2,27-3)14-13-28-16-29-19-11-9-18(10-12-19)20-22-23-21(30)24(20)15-17-7-5-4-6-8-17/h4-12H,13-16H2,1-3H3,(H,23,30). The van der Waals surface area contributed by atoms with Crippen molar-refractivity contribution in [2.45, 2.75) is 12.6 Å². The molecule has 0 atom stereocenters. The SMILES string of the molecule is CO[Si](CCOCOc1ccc(-c2n[nH]c(=S)n2Cc2ccccc2)cc1)(OC)OC. The van der Waals surface area contributed by atoms with Gasteiger partial charge in [0.05, 0.1) is 13.2 Å². The second kappa shape index (κ2) is 11.3. The number of rotatable bonds is 12. The lowest BCUT2D eigenvalue weighted by atomic mass is 10.2. The van der Waals surface area contributed by atoms with Gasteiger partial charge in [0.2, 0.25) is 0 Å². The van der Waals surface area contributed by atoms with Crippen LogP contribution in [0, 0.1) is 4.77 Å². The molecule has 1 aromatic heterocycles. The zero-order valence-corrected chi connectivity index (χ0v) is 19.7. The van der Waals surface area contributed by atoms with Crippen LogP contribution in [0.15, 0.2) is 54.6 Å². The molecule has 31 heavy (non-hydrogen) atoms. The van der Waals surface area contributed by atoms with E-state index in [1.54, 1.807) is 21.3 Å². The van der Waals surface area contributed by atoms with E-state index < -0.39 is 8.80 Å². The van der Waals surface area contributed by atoms with Crippen LogP contribution >= 0.6 is 12.2 Å². The van der Waals surface area contributed by atoms with Crippen LogP contribution in [0.4, 0.5) is 0 Å². The molecule has 0 amide bonds. The van der Waals surface area contributed by atoms with Crippen LogP contribution < -0.4 is 4.74 Å². The van der Waals surface area contributed by atoms with Crippen LogP contribution in [0.5, 0.6) is 5.75 Å². The smallest absolute Gasteiger partial charge is 0.468 e. The third-order valence-electron chi connectivity index (χ3n) is 4.85. The molecule has 0 saturated carbocycles. The predicted octanol–water partition coefficient (Wildman–Crippen LogP) is 3.89.